The van der Waals surface area contributed by atoms with Crippen molar-refractivity contribution in [2.45, 2.75) is 0 Å². The highest BCUT2D eigenvalue weighted by molar-refractivity contribution is 5.87. The van der Waals surface area contributed by atoms with E-state index in [2.05, 4.69) is 4.98 Å². The Labute approximate surface area is 132 Å². The molecule has 4 nitrogen and oxygen atoms in total. The Bertz CT molecular complexity index is 702. The van der Waals surface area contributed by atoms with Crippen molar-refractivity contribution in [3.8, 4) is 11.5 Å². The van der Waals surface area contributed by atoms with E-state index in [0.29, 0.717) is 11.5 Å². The molecule has 0 fully saturated rings. The van der Waals surface area contributed by atoms with Crippen LogP contribution in [0.5, 0.6) is 11.5 Å². The SMILES string of the molecule is O=C(O)c1ccc(Oc2ccc(F)cc2)cc1.c1ccncc1. The monoisotopic (exact) mass is 311 g/mol. The van der Waals surface area contributed by atoms with E-state index < -0.39 is 5.97 Å². The molecule has 3 rings (SSSR count). The number of carboxylic acids is 1. The van der Waals surface area contributed by atoms with Crippen molar-refractivity contribution in [1.29, 1.82) is 0 Å². The van der Waals surface area contributed by atoms with Gasteiger partial charge in [-0.1, -0.05) is 6.07 Å². The maximum Gasteiger partial charge on any atom is 0.335 e. The molecule has 0 saturated heterocycles. The standard InChI is InChI=1S/C13H9FO3.C5H5N/c14-10-3-7-12(8-4-10)17-11-5-1-9(2-6-11)13(15)16;1-2-4-6-5-3-1/h1-8H,(H,15,16);1-5H. The molecule has 0 aliphatic heterocycles. The minimum atomic E-state index is -0.988. The van der Waals surface area contributed by atoms with Crippen LogP contribution in [-0.2, 0) is 0 Å². The molecule has 3 aromatic rings. The number of rotatable bonds is 3. The van der Waals surface area contributed by atoms with Crippen LogP contribution in [0.25, 0.3) is 0 Å². The molecule has 0 amide bonds. The molecule has 23 heavy (non-hydrogen) atoms. The van der Waals surface area contributed by atoms with Gasteiger partial charge in [0.1, 0.15) is 17.3 Å². The topological polar surface area (TPSA) is 59.4 Å². The highest BCUT2D eigenvalue weighted by Gasteiger charge is 2.02. The molecule has 1 aromatic heterocycles. The van der Waals surface area contributed by atoms with Crippen molar-refractivity contribution in [1.82, 2.24) is 4.98 Å². The maximum atomic E-state index is 12.6. The van der Waals surface area contributed by atoms with Gasteiger partial charge in [0, 0.05) is 12.4 Å². The van der Waals surface area contributed by atoms with E-state index in [4.69, 9.17) is 9.84 Å². The summed E-state index contributed by atoms with van der Waals surface area (Å²) in [6, 6.07) is 17.3. The van der Waals surface area contributed by atoms with Crippen LogP contribution >= 0.6 is 0 Å². The highest BCUT2D eigenvalue weighted by atomic mass is 19.1. The van der Waals surface area contributed by atoms with Gasteiger partial charge >= 0.3 is 5.97 Å². The molecular weight excluding hydrogens is 297 g/mol. The Kier molecular flexibility index (Phi) is 5.82. The molecule has 0 aliphatic carbocycles. The molecule has 5 heteroatoms. The van der Waals surface area contributed by atoms with E-state index >= 15 is 0 Å². The van der Waals surface area contributed by atoms with E-state index in [0.717, 1.165) is 0 Å². The third kappa shape index (κ3) is 5.59. The minimum absolute atomic E-state index is 0.191. The molecule has 0 atom stereocenters. The molecule has 116 valence electrons. The minimum Gasteiger partial charge on any atom is -0.478 e. The van der Waals surface area contributed by atoms with Crippen molar-refractivity contribution >= 4 is 5.97 Å². The Morgan fingerprint density at radius 2 is 1.39 bits per heavy atom. The molecule has 1 N–H and O–H groups in total. The second-order valence-electron chi connectivity index (χ2n) is 4.41. The number of nitrogens with zero attached hydrogens (tertiary/aromatic N) is 1. The van der Waals surface area contributed by atoms with Crippen LogP contribution in [0.3, 0.4) is 0 Å². The average Bonchev–Trinajstić information content (AvgIpc) is 2.59. The van der Waals surface area contributed by atoms with Gasteiger partial charge < -0.3 is 9.84 Å². The van der Waals surface area contributed by atoms with Crippen LogP contribution in [-0.4, -0.2) is 16.1 Å². The first-order chi connectivity index (χ1) is 11.1. The maximum absolute atomic E-state index is 12.6. The molecule has 0 bridgehead atoms. The van der Waals surface area contributed by atoms with Crippen molar-refractivity contribution < 1.29 is 19.0 Å². The van der Waals surface area contributed by atoms with Gasteiger partial charge in [-0.2, -0.15) is 0 Å². The van der Waals surface area contributed by atoms with Crippen LogP contribution < -0.4 is 4.74 Å². The van der Waals surface area contributed by atoms with Crippen molar-refractivity contribution in [2.75, 3.05) is 0 Å². The van der Waals surface area contributed by atoms with Crippen LogP contribution in [0, 0.1) is 5.82 Å². The van der Waals surface area contributed by atoms with Gasteiger partial charge in [0.2, 0.25) is 0 Å². The van der Waals surface area contributed by atoms with Gasteiger partial charge in [-0.05, 0) is 60.7 Å². The fraction of sp³-hybridized carbons (Fsp3) is 0. The van der Waals surface area contributed by atoms with Gasteiger partial charge in [-0.15, -0.1) is 0 Å². The van der Waals surface area contributed by atoms with Crippen molar-refractivity contribution in [3.05, 3.63) is 90.5 Å². The summed E-state index contributed by atoms with van der Waals surface area (Å²) in [5.74, 6) is -0.326. The summed E-state index contributed by atoms with van der Waals surface area (Å²) in [5.41, 5.74) is 0.191. The zero-order valence-electron chi connectivity index (χ0n) is 12.1. The number of carboxylic acid groups (broad SMARTS) is 1. The molecule has 0 unspecified atom stereocenters. The summed E-state index contributed by atoms with van der Waals surface area (Å²) < 4.78 is 18.1. The van der Waals surface area contributed by atoms with E-state index in [1.54, 1.807) is 24.5 Å². The predicted octanol–water partition coefficient (Wildman–Crippen LogP) is 4.40. The lowest BCUT2D eigenvalue weighted by Gasteiger charge is -2.05. The molecule has 1 heterocycles. The average molecular weight is 311 g/mol. The summed E-state index contributed by atoms with van der Waals surface area (Å²) in [6.07, 6.45) is 3.50. The number of ether oxygens (including phenoxy) is 1. The number of hydrogen-bond acceptors (Lipinski definition) is 3. The molecule has 0 radical (unpaired) electrons. The molecule has 0 aliphatic rings. The lowest BCUT2D eigenvalue weighted by Crippen LogP contribution is -1.95. The second kappa shape index (κ2) is 8.29. The van der Waals surface area contributed by atoms with Crippen LogP contribution in [0.4, 0.5) is 4.39 Å². The first-order valence-corrected chi connectivity index (χ1v) is 6.77. The number of carbonyl (C=O) groups is 1. The zero-order chi connectivity index (χ0) is 16.5. The summed E-state index contributed by atoms with van der Waals surface area (Å²) >= 11 is 0. The van der Waals surface area contributed by atoms with Crippen LogP contribution in [0.2, 0.25) is 0 Å². The molecule has 2 aromatic carbocycles. The van der Waals surface area contributed by atoms with Crippen molar-refractivity contribution in [3.63, 3.8) is 0 Å². The van der Waals surface area contributed by atoms with Gasteiger partial charge in [-0.25, -0.2) is 9.18 Å². The van der Waals surface area contributed by atoms with E-state index in [1.807, 2.05) is 18.2 Å². The van der Waals surface area contributed by atoms with Crippen molar-refractivity contribution in [2.24, 2.45) is 0 Å². The zero-order valence-corrected chi connectivity index (χ0v) is 12.1. The van der Waals surface area contributed by atoms with E-state index in [1.165, 1.54) is 36.4 Å². The Morgan fingerprint density at radius 1 is 0.870 bits per heavy atom. The van der Waals surface area contributed by atoms with Crippen LogP contribution in [0.15, 0.2) is 79.1 Å². The van der Waals surface area contributed by atoms with Gasteiger partial charge in [-0.3, -0.25) is 4.98 Å². The number of pyridine rings is 1. The third-order valence-electron chi connectivity index (χ3n) is 2.72. The first kappa shape index (κ1) is 16.2. The fourth-order valence-electron chi connectivity index (χ4n) is 1.62. The number of hydrogen-bond donors (Lipinski definition) is 1. The lowest BCUT2D eigenvalue weighted by atomic mass is 10.2. The second-order valence-corrected chi connectivity index (χ2v) is 4.41. The number of halogens is 1. The normalized spacial score (nSPS) is 9.43. The summed E-state index contributed by atoms with van der Waals surface area (Å²) in [5, 5.41) is 8.71. The Morgan fingerprint density at radius 3 is 1.78 bits per heavy atom. The lowest BCUT2D eigenvalue weighted by molar-refractivity contribution is 0.0697. The third-order valence-corrected chi connectivity index (χ3v) is 2.72. The summed E-state index contributed by atoms with van der Waals surface area (Å²) in [4.78, 5) is 14.4. The predicted molar refractivity (Wildman–Crippen MR) is 84.1 cm³/mol. The molecular formula is C18H14FNO3. The Balaban J connectivity index is 0.000000268. The van der Waals surface area contributed by atoms with E-state index in [9.17, 15) is 9.18 Å². The smallest absolute Gasteiger partial charge is 0.335 e. The summed E-state index contributed by atoms with van der Waals surface area (Å²) in [7, 11) is 0. The fourth-order valence-corrected chi connectivity index (χ4v) is 1.62. The van der Waals surface area contributed by atoms with Gasteiger partial charge in [0.05, 0.1) is 5.56 Å². The number of aromatic carboxylic acids is 1. The largest absolute Gasteiger partial charge is 0.478 e. The van der Waals surface area contributed by atoms with Gasteiger partial charge in [0.15, 0.2) is 0 Å². The Hall–Kier alpha value is -3.21. The highest BCUT2D eigenvalue weighted by Crippen LogP contribution is 2.21. The molecule has 0 saturated carbocycles. The number of aromatic nitrogens is 1. The molecule has 0 spiro atoms. The van der Waals surface area contributed by atoms with Gasteiger partial charge in [0.25, 0.3) is 0 Å². The van der Waals surface area contributed by atoms with Crippen LogP contribution in [0.1, 0.15) is 10.4 Å². The van der Waals surface area contributed by atoms with E-state index in [-0.39, 0.29) is 11.4 Å². The number of benzene rings is 2. The first-order valence-electron chi connectivity index (χ1n) is 6.77. The summed E-state index contributed by atoms with van der Waals surface area (Å²) in [6.45, 7) is 0. The quantitative estimate of drug-likeness (QED) is 0.779.